The Labute approximate surface area is 151 Å². The minimum absolute atomic E-state index is 0.0280. The third-order valence-corrected chi connectivity index (χ3v) is 4.76. The van der Waals surface area contributed by atoms with Gasteiger partial charge in [0, 0.05) is 10.0 Å². The van der Waals surface area contributed by atoms with E-state index in [0.717, 1.165) is 34.2 Å². The van der Waals surface area contributed by atoms with Gasteiger partial charge in [0.2, 0.25) is 0 Å². The maximum absolute atomic E-state index is 11.8. The van der Waals surface area contributed by atoms with Crippen LogP contribution in [-0.4, -0.2) is 12.6 Å². The second kappa shape index (κ2) is 7.39. The standard InChI is InChI=1S/C20H21BrO3/c1-3-23-20(22)11-15-5-4-13(2)10-19(15)24-18-9-7-14-6-8-16(21)12-17(14)18/h4-6,8,10,12,18H,3,7,9,11H2,1-2H3. The first-order valence-corrected chi connectivity index (χ1v) is 9.06. The van der Waals surface area contributed by atoms with Gasteiger partial charge in [0.05, 0.1) is 13.0 Å². The van der Waals surface area contributed by atoms with Gasteiger partial charge in [-0.1, -0.05) is 34.1 Å². The van der Waals surface area contributed by atoms with Gasteiger partial charge in [-0.15, -0.1) is 0 Å². The molecule has 3 rings (SSSR count). The Balaban J connectivity index is 1.84. The number of ether oxygens (including phenoxy) is 2. The van der Waals surface area contributed by atoms with Crippen molar-refractivity contribution in [2.45, 2.75) is 39.2 Å². The van der Waals surface area contributed by atoms with Crippen molar-refractivity contribution in [3.8, 4) is 5.75 Å². The first-order chi connectivity index (χ1) is 11.6. The van der Waals surface area contributed by atoms with Crippen LogP contribution < -0.4 is 4.74 Å². The molecule has 0 saturated heterocycles. The van der Waals surface area contributed by atoms with Crippen molar-refractivity contribution in [1.29, 1.82) is 0 Å². The molecule has 0 N–H and O–H groups in total. The zero-order valence-corrected chi connectivity index (χ0v) is 15.6. The van der Waals surface area contributed by atoms with E-state index >= 15 is 0 Å². The van der Waals surface area contributed by atoms with E-state index in [9.17, 15) is 4.79 Å². The third kappa shape index (κ3) is 3.81. The Morgan fingerprint density at radius 1 is 1.25 bits per heavy atom. The van der Waals surface area contributed by atoms with Crippen molar-refractivity contribution < 1.29 is 14.3 Å². The molecular weight excluding hydrogens is 368 g/mol. The highest BCUT2D eigenvalue weighted by atomic mass is 79.9. The van der Waals surface area contributed by atoms with Crippen LogP contribution in [0.1, 0.15) is 41.7 Å². The van der Waals surface area contributed by atoms with Crippen molar-refractivity contribution in [2.24, 2.45) is 0 Å². The van der Waals surface area contributed by atoms with Crippen molar-refractivity contribution in [3.05, 3.63) is 63.1 Å². The monoisotopic (exact) mass is 388 g/mol. The van der Waals surface area contributed by atoms with Crippen LogP contribution in [0.5, 0.6) is 5.75 Å². The SMILES string of the molecule is CCOC(=O)Cc1ccc(C)cc1OC1CCc2ccc(Br)cc21. The summed E-state index contributed by atoms with van der Waals surface area (Å²) in [4.78, 5) is 11.8. The van der Waals surface area contributed by atoms with E-state index in [1.165, 1.54) is 11.1 Å². The summed E-state index contributed by atoms with van der Waals surface area (Å²) in [5.41, 5.74) is 4.56. The lowest BCUT2D eigenvalue weighted by Gasteiger charge is -2.18. The minimum Gasteiger partial charge on any atom is -0.485 e. The van der Waals surface area contributed by atoms with Gasteiger partial charge in [-0.05, 0) is 61.6 Å². The average Bonchev–Trinajstić information content (AvgIpc) is 2.92. The van der Waals surface area contributed by atoms with E-state index in [2.05, 4.69) is 34.1 Å². The predicted molar refractivity (Wildman–Crippen MR) is 97.3 cm³/mol. The first kappa shape index (κ1) is 17.0. The van der Waals surface area contributed by atoms with Gasteiger partial charge in [-0.3, -0.25) is 4.79 Å². The Kier molecular flexibility index (Phi) is 5.24. The maximum Gasteiger partial charge on any atom is 0.310 e. The molecule has 126 valence electrons. The lowest BCUT2D eigenvalue weighted by molar-refractivity contribution is -0.142. The van der Waals surface area contributed by atoms with Crippen LogP contribution in [0.25, 0.3) is 0 Å². The maximum atomic E-state index is 11.8. The fourth-order valence-electron chi connectivity index (χ4n) is 3.10. The highest BCUT2D eigenvalue weighted by Crippen LogP contribution is 2.37. The molecule has 0 amide bonds. The molecule has 24 heavy (non-hydrogen) atoms. The predicted octanol–water partition coefficient (Wildman–Crippen LogP) is 4.93. The normalized spacial score (nSPS) is 15.9. The largest absolute Gasteiger partial charge is 0.485 e. The number of hydrogen-bond donors (Lipinski definition) is 0. The number of benzene rings is 2. The Morgan fingerprint density at radius 3 is 2.88 bits per heavy atom. The van der Waals surface area contributed by atoms with Crippen LogP contribution in [0.15, 0.2) is 40.9 Å². The average molecular weight is 389 g/mol. The number of hydrogen-bond acceptors (Lipinski definition) is 3. The first-order valence-electron chi connectivity index (χ1n) is 8.27. The van der Waals surface area contributed by atoms with Gasteiger partial charge in [0.15, 0.2) is 0 Å². The second-order valence-corrected chi connectivity index (χ2v) is 7.00. The molecule has 0 radical (unpaired) electrons. The fraction of sp³-hybridized carbons (Fsp3) is 0.350. The van der Waals surface area contributed by atoms with E-state index in [1.54, 1.807) is 0 Å². The van der Waals surface area contributed by atoms with Crippen LogP contribution in [-0.2, 0) is 22.4 Å². The van der Waals surface area contributed by atoms with E-state index in [0.29, 0.717) is 6.61 Å². The zero-order chi connectivity index (χ0) is 17.1. The molecule has 1 aliphatic rings. The quantitative estimate of drug-likeness (QED) is 0.681. The second-order valence-electron chi connectivity index (χ2n) is 6.08. The van der Waals surface area contributed by atoms with Crippen molar-refractivity contribution >= 4 is 21.9 Å². The molecular formula is C20H21BrO3. The van der Waals surface area contributed by atoms with E-state index in [-0.39, 0.29) is 18.5 Å². The summed E-state index contributed by atoms with van der Waals surface area (Å²) >= 11 is 3.54. The van der Waals surface area contributed by atoms with Crippen LogP contribution >= 0.6 is 15.9 Å². The molecule has 2 aromatic rings. The molecule has 3 nitrogen and oxygen atoms in total. The lowest BCUT2D eigenvalue weighted by atomic mass is 10.1. The van der Waals surface area contributed by atoms with Gasteiger partial charge in [0.1, 0.15) is 11.9 Å². The molecule has 0 spiro atoms. The summed E-state index contributed by atoms with van der Waals surface area (Å²) in [5.74, 6) is 0.557. The zero-order valence-electron chi connectivity index (χ0n) is 14.0. The number of carbonyl (C=O) groups excluding carboxylic acids is 1. The molecule has 1 atom stereocenters. The van der Waals surface area contributed by atoms with Gasteiger partial charge in [0.25, 0.3) is 0 Å². The van der Waals surface area contributed by atoms with Crippen LogP contribution in [0, 0.1) is 6.92 Å². The minimum atomic E-state index is -0.222. The van der Waals surface area contributed by atoms with E-state index < -0.39 is 0 Å². The van der Waals surface area contributed by atoms with E-state index in [4.69, 9.17) is 9.47 Å². The Hall–Kier alpha value is -1.81. The number of carbonyl (C=O) groups is 1. The molecule has 0 aliphatic heterocycles. The molecule has 1 aliphatic carbocycles. The summed E-state index contributed by atoms with van der Waals surface area (Å²) in [6, 6.07) is 12.3. The molecule has 4 heteroatoms. The Morgan fingerprint density at radius 2 is 2.08 bits per heavy atom. The fourth-order valence-corrected chi connectivity index (χ4v) is 3.47. The lowest BCUT2D eigenvalue weighted by Crippen LogP contribution is -2.11. The molecule has 2 aromatic carbocycles. The van der Waals surface area contributed by atoms with Crippen molar-refractivity contribution in [3.63, 3.8) is 0 Å². The van der Waals surface area contributed by atoms with Gasteiger partial charge < -0.3 is 9.47 Å². The summed E-state index contributed by atoms with van der Waals surface area (Å²) < 4.78 is 12.5. The van der Waals surface area contributed by atoms with Gasteiger partial charge >= 0.3 is 5.97 Å². The highest BCUT2D eigenvalue weighted by molar-refractivity contribution is 9.10. The molecule has 1 unspecified atom stereocenters. The molecule has 0 bridgehead atoms. The molecule has 0 fully saturated rings. The number of fused-ring (bicyclic) bond motifs is 1. The van der Waals surface area contributed by atoms with E-state index in [1.807, 2.05) is 32.0 Å². The summed E-state index contributed by atoms with van der Waals surface area (Å²) in [5, 5.41) is 0. The number of esters is 1. The summed E-state index contributed by atoms with van der Waals surface area (Å²) in [6.07, 6.45) is 2.24. The smallest absolute Gasteiger partial charge is 0.310 e. The highest BCUT2D eigenvalue weighted by Gasteiger charge is 2.25. The van der Waals surface area contributed by atoms with Crippen LogP contribution in [0.3, 0.4) is 0 Å². The third-order valence-electron chi connectivity index (χ3n) is 4.26. The molecule has 0 saturated carbocycles. The van der Waals surface area contributed by atoms with Gasteiger partial charge in [-0.2, -0.15) is 0 Å². The van der Waals surface area contributed by atoms with Crippen LogP contribution in [0.4, 0.5) is 0 Å². The number of halogens is 1. The summed E-state index contributed by atoms with van der Waals surface area (Å²) in [7, 11) is 0. The van der Waals surface area contributed by atoms with Gasteiger partial charge in [-0.25, -0.2) is 0 Å². The number of aryl methyl sites for hydroxylation is 2. The van der Waals surface area contributed by atoms with Crippen molar-refractivity contribution in [2.75, 3.05) is 6.61 Å². The topological polar surface area (TPSA) is 35.5 Å². The molecule has 0 aromatic heterocycles. The Bertz CT molecular complexity index is 755. The summed E-state index contributed by atoms with van der Waals surface area (Å²) in [6.45, 7) is 4.24. The molecule has 0 heterocycles. The van der Waals surface area contributed by atoms with Crippen LogP contribution in [0.2, 0.25) is 0 Å². The number of rotatable bonds is 5. The van der Waals surface area contributed by atoms with Crippen molar-refractivity contribution in [1.82, 2.24) is 0 Å².